The first-order valence-electron chi connectivity index (χ1n) is 5.35. The zero-order valence-electron chi connectivity index (χ0n) is 10.1. The van der Waals surface area contributed by atoms with E-state index in [0.717, 1.165) is 6.54 Å². The Morgan fingerprint density at radius 3 is 2.40 bits per heavy atom. The van der Waals surface area contributed by atoms with Gasteiger partial charge in [-0.3, -0.25) is 0 Å². The minimum atomic E-state index is 0.246. The first kappa shape index (κ1) is 13.2. The fourth-order valence-corrected chi connectivity index (χ4v) is 3.90. The van der Waals surface area contributed by atoms with Crippen LogP contribution < -0.4 is 5.32 Å². The van der Waals surface area contributed by atoms with Crippen molar-refractivity contribution < 1.29 is 0 Å². The van der Waals surface area contributed by atoms with E-state index in [9.17, 15) is 0 Å². The third-order valence-corrected chi connectivity index (χ3v) is 4.41. The molecule has 1 atom stereocenters. The third-order valence-electron chi connectivity index (χ3n) is 2.37. The molecule has 0 aromatic carbocycles. The lowest BCUT2D eigenvalue weighted by Crippen LogP contribution is -2.31. The van der Waals surface area contributed by atoms with Crippen molar-refractivity contribution in [3.63, 3.8) is 0 Å². The first-order valence-corrected chi connectivity index (χ1v) is 6.96. The summed E-state index contributed by atoms with van der Waals surface area (Å²) in [5.74, 6) is 0. The van der Waals surface area contributed by atoms with Crippen molar-refractivity contribution in [2.24, 2.45) is 5.41 Å². The summed E-state index contributed by atoms with van der Waals surface area (Å²) in [7, 11) is 0. The molecular weight excluding hydrogens is 270 g/mol. The lowest BCUT2D eigenvalue weighted by Gasteiger charge is -2.31. The number of nitrogens with one attached hydrogen (secondary N) is 1. The maximum absolute atomic E-state index is 3.65. The highest BCUT2D eigenvalue weighted by Gasteiger charge is 2.28. The van der Waals surface area contributed by atoms with Crippen LogP contribution in [0.1, 0.15) is 43.5 Å². The standard InChI is InChI=1S/C12H20BrNS/c1-6-14-11(12(3,4)5)10-9(13)7-8(2)15-10/h7,11,14H,6H2,1-5H3. The van der Waals surface area contributed by atoms with Crippen LogP contribution in [0.2, 0.25) is 0 Å². The van der Waals surface area contributed by atoms with Crippen molar-refractivity contribution in [2.45, 2.75) is 40.7 Å². The highest BCUT2D eigenvalue weighted by Crippen LogP contribution is 2.40. The first-order chi connectivity index (χ1) is 6.86. The van der Waals surface area contributed by atoms with Crippen molar-refractivity contribution in [3.05, 3.63) is 20.3 Å². The third kappa shape index (κ3) is 3.30. The Labute approximate surface area is 105 Å². The fourth-order valence-electron chi connectivity index (χ4n) is 1.69. The molecule has 15 heavy (non-hydrogen) atoms. The van der Waals surface area contributed by atoms with Crippen molar-refractivity contribution in [1.82, 2.24) is 5.32 Å². The Bertz CT molecular complexity index is 325. The Balaban J connectivity index is 3.04. The molecule has 3 heteroatoms. The van der Waals surface area contributed by atoms with Gasteiger partial charge >= 0.3 is 0 Å². The van der Waals surface area contributed by atoms with Crippen LogP contribution in [0, 0.1) is 12.3 Å². The Morgan fingerprint density at radius 1 is 1.47 bits per heavy atom. The van der Waals surface area contributed by atoms with E-state index in [1.165, 1.54) is 14.2 Å². The van der Waals surface area contributed by atoms with Gasteiger partial charge < -0.3 is 5.32 Å². The topological polar surface area (TPSA) is 12.0 Å². The summed E-state index contributed by atoms with van der Waals surface area (Å²) in [6.07, 6.45) is 0. The molecule has 0 saturated heterocycles. The lowest BCUT2D eigenvalue weighted by atomic mass is 9.86. The molecule has 86 valence electrons. The summed E-state index contributed by atoms with van der Waals surface area (Å²) < 4.78 is 1.24. The van der Waals surface area contributed by atoms with E-state index in [2.05, 4.69) is 61.9 Å². The van der Waals surface area contributed by atoms with Gasteiger partial charge in [0, 0.05) is 20.3 Å². The molecule has 0 aliphatic carbocycles. The van der Waals surface area contributed by atoms with Gasteiger partial charge in [-0.25, -0.2) is 0 Å². The van der Waals surface area contributed by atoms with E-state index < -0.39 is 0 Å². The largest absolute Gasteiger partial charge is 0.309 e. The van der Waals surface area contributed by atoms with Crippen LogP contribution >= 0.6 is 27.3 Å². The van der Waals surface area contributed by atoms with Crippen LogP contribution in [-0.4, -0.2) is 6.54 Å². The summed E-state index contributed by atoms with van der Waals surface area (Å²) in [5, 5.41) is 3.57. The molecule has 0 spiro atoms. The fraction of sp³-hybridized carbons (Fsp3) is 0.667. The molecular formula is C12H20BrNS. The predicted octanol–water partition coefficient (Wildman–Crippen LogP) is 4.52. The van der Waals surface area contributed by atoms with Crippen LogP contribution in [0.15, 0.2) is 10.5 Å². The van der Waals surface area contributed by atoms with Crippen molar-refractivity contribution in [2.75, 3.05) is 6.54 Å². The van der Waals surface area contributed by atoms with Crippen molar-refractivity contribution in [3.8, 4) is 0 Å². The number of halogens is 1. The molecule has 1 aromatic rings. The highest BCUT2D eigenvalue weighted by atomic mass is 79.9. The molecule has 1 N–H and O–H groups in total. The van der Waals surface area contributed by atoms with Crippen LogP contribution in [0.3, 0.4) is 0 Å². The number of rotatable bonds is 3. The average molecular weight is 290 g/mol. The second-order valence-electron chi connectivity index (χ2n) is 4.93. The Hall–Kier alpha value is 0.140. The smallest absolute Gasteiger partial charge is 0.0475 e. The summed E-state index contributed by atoms with van der Waals surface area (Å²) in [6, 6.07) is 2.63. The molecule has 1 rings (SSSR count). The summed E-state index contributed by atoms with van der Waals surface area (Å²) in [6.45, 7) is 12.2. The number of thiophene rings is 1. The molecule has 0 fully saturated rings. The second kappa shape index (κ2) is 4.98. The van der Waals surface area contributed by atoms with Gasteiger partial charge in [-0.1, -0.05) is 27.7 Å². The molecule has 0 saturated carbocycles. The zero-order chi connectivity index (χ0) is 11.6. The maximum Gasteiger partial charge on any atom is 0.0475 e. The monoisotopic (exact) mass is 289 g/mol. The van der Waals surface area contributed by atoms with Gasteiger partial charge in [-0.15, -0.1) is 11.3 Å². The van der Waals surface area contributed by atoms with E-state index in [1.54, 1.807) is 0 Å². The number of aryl methyl sites for hydroxylation is 1. The van der Waals surface area contributed by atoms with Crippen LogP contribution in [0.4, 0.5) is 0 Å². The molecule has 1 nitrogen and oxygen atoms in total. The van der Waals surface area contributed by atoms with Gasteiger partial charge in [-0.2, -0.15) is 0 Å². The van der Waals surface area contributed by atoms with Gasteiger partial charge in [0.15, 0.2) is 0 Å². The summed E-state index contributed by atoms with van der Waals surface area (Å²) in [5.41, 5.74) is 0.246. The van der Waals surface area contributed by atoms with Crippen molar-refractivity contribution >= 4 is 27.3 Å². The Morgan fingerprint density at radius 2 is 2.07 bits per heavy atom. The molecule has 1 aromatic heterocycles. The van der Waals surface area contributed by atoms with Gasteiger partial charge in [0.1, 0.15) is 0 Å². The predicted molar refractivity (Wildman–Crippen MR) is 72.6 cm³/mol. The number of hydrogen-bond donors (Lipinski definition) is 1. The highest BCUT2D eigenvalue weighted by molar-refractivity contribution is 9.10. The molecule has 0 radical (unpaired) electrons. The molecule has 0 aliphatic heterocycles. The van der Waals surface area contributed by atoms with E-state index in [-0.39, 0.29) is 5.41 Å². The number of hydrogen-bond acceptors (Lipinski definition) is 2. The Kier molecular flexibility index (Phi) is 4.38. The van der Waals surface area contributed by atoms with Crippen LogP contribution in [-0.2, 0) is 0 Å². The SMILES string of the molecule is CCNC(c1sc(C)cc1Br)C(C)(C)C. The normalized spacial score (nSPS) is 14.3. The molecule has 0 aliphatic rings. The second-order valence-corrected chi connectivity index (χ2v) is 7.07. The molecule has 0 amide bonds. The average Bonchev–Trinajstić information content (AvgIpc) is 2.39. The van der Waals surface area contributed by atoms with Gasteiger partial charge in [0.2, 0.25) is 0 Å². The minimum Gasteiger partial charge on any atom is -0.309 e. The molecule has 0 bridgehead atoms. The molecule has 1 unspecified atom stereocenters. The molecule has 1 heterocycles. The van der Waals surface area contributed by atoms with E-state index in [0.29, 0.717) is 6.04 Å². The quantitative estimate of drug-likeness (QED) is 0.863. The minimum absolute atomic E-state index is 0.246. The lowest BCUT2D eigenvalue weighted by molar-refractivity contribution is 0.280. The van der Waals surface area contributed by atoms with Gasteiger partial charge in [0.25, 0.3) is 0 Å². The maximum atomic E-state index is 3.65. The van der Waals surface area contributed by atoms with Crippen molar-refractivity contribution in [1.29, 1.82) is 0 Å². The van der Waals surface area contributed by atoms with Gasteiger partial charge in [-0.05, 0) is 40.9 Å². The zero-order valence-corrected chi connectivity index (χ0v) is 12.6. The van der Waals surface area contributed by atoms with E-state index in [1.807, 2.05) is 11.3 Å². The van der Waals surface area contributed by atoms with Crippen LogP contribution in [0.5, 0.6) is 0 Å². The van der Waals surface area contributed by atoms with E-state index >= 15 is 0 Å². The van der Waals surface area contributed by atoms with E-state index in [4.69, 9.17) is 0 Å². The van der Waals surface area contributed by atoms with Gasteiger partial charge in [0.05, 0.1) is 0 Å². The summed E-state index contributed by atoms with van der Waals surface area (Å²) >= 11 is 5.53. The van der Waals surface area contributed by atoms with Crippen LogP contribution in [0.25, 0.3) is 0 Å². The summed E-state index contributed by atoms with van der Waals surface area (Å²) in [4.78, 5) is 2.78.